The van der Waals surface area contributed by atoms with Crippen molar-refractivity contribution in [3.8, 4) is 28.9 Å². The molecule has 0 bridgehead atoms. The van der Waals surface area contributed by atoms with Gasteiger partial charge in [0.2, 0.25) is 5.88 Å². The highest BCUT2D eigenvalue weighted by Crippen LogP contribution is 2.51. The van der Waals surface area contributed by atoms with Crippen LogP contribution in [0.25, 0.3) is 5.65 Å². The van der Waals surface area contributed by atoms with Crippen LogP contribution in [0.4, 0.5) is 0 Å². The molecule has 0 saturated carbocycles. The number of benzene rings is 2. The minimum absolute atomic E-state index is 0.00317. The highest BCUT2D eigenvalue weighted by molar-refractivity contribution is 6.00. The fraction of sp³-hybridized carbons (Fsp3) is 0.344. The van der Waals surface area contributed by atoms with Crippen LogP contribution >= 0.6 is 0 Å². The van der Waals surface area contributed by atoms with Crippen molar-refractivity contribution in [3.63, 3.8) is 0 Å². The second-order valence-corrected chi connectivity index (χ2v) is 11.3. The van der Waals surface area contributed by atoms with E-state index in [9.17, 15) is 4.79 Å². The predicted molar refractivity (Wildman–Crippen MR) is 160 cm³/mol. The average molecular weight is 600 g/mol. The van der Waals surface area contributed by atoms with E-state index in [0.717, 1.165) is 11.1 Å². The first-order valence-electron chi connectivity index (χ1n) is 14.0. The molecule has 1 atom stereocenters. The third-order valence-electron chi connectivity index (χ3n) is 7.73. The maximum atomic E-state index is 13.7. The molecule has 2 aromatic heterocycles. The summed E-state index contributed by atoms with van der Waals surface area (Å²) in [4.78, 5) is 28.6. The van der Waals surface area contributed by atoms with Crippen molar-refractivity contribution in [3.05, 3.63) is 76.6 Å². The first-order chi connectivity index (χ1) is 21.2. The molecule has 0 radical (unpaired) electrons. The standard InChI is InChI=1S/C32H33N5O7/c1-32(2)13-20(38)28-25(14-32)44-31-29(27(28)19-8-10-22(40-4)24(12-19)42-6)30-35-26(36-37(30)17-33-31)16-43-34-15-18-7-9-21(39-3)23(11-18)41-5/h7-12,15,17,27H,13-14,16H2,1-6H3/b34-15-/t27-/m0/s1. The number of carbonyl (C=O) groups excluding carboxylic acids is 1. The number of rotatable bonds is 9. The molecule has 1 aliphatic carbocycles. The number of carbonyl (C=O) groups is 1. The van der Waals surface area contributed by atoms with Crippen LogP contribution in [0.3, 0.4) is 0 Å². The zero-order valence-electron chi connectivity index (χ0n) is 25.4. The lowest BCUT2D eigenvalue weighted by Gasteiger charge is -2.37. The van der Waals surface area contributed by atoms with E-state index in [4.69, 9.17) is 33.5 Å². The summed E-state index contributed by atoms with van der Waals surface area (Å²) < 4.78 is 29.6. The van der Waals surface area contributed by atoms with Gasteiger partial charge >= 0.3 is 0 Å². The summed E-state index contributed by atoms with van der Waals surface area (Å²) in [7, 11) is 6.31. The van der Waals surface area contributed by atoms with Gasteiger partial charge in [-0.1, -0.05) is 25.1 Å². The van der Waals surface area contributed by atoms with Crippen molar-refractivity contribution in [2.45, 2.75) is 39.2 Å². The van der Waals surface area contributed by atoms with Crippen LogP contribution in [0.15, 0.2) is 59.2 Å². The van der Waals surface area contributed by atoms with Crippen LogP contribution in [-0.2, 0) is 16.2 Å². The van der Waals surface area contributed by atoms with Gasteiger partial charge in [0, 0.05) is 24.0 Å². The SMILES string of the molecule is COc1ccc(/C=N\OCc2nc3c4c(ncn3n2)OC2=C(C(=O)CC(C)(C)C2)[C@@H]4c2ccc(OC)c(OC)c2)cc1OC. The molecule has 0 unspecified atom stereocenters. The molecule has 0 fully saturated rings. The first-order valence-corrected chi connectivity index (χ1v) is 14.0. The molecule has 12 heteroatoms. The Labute approximate surface area is 254 Å². The van der Waals surface area contributed by atoms with E-state index in [-0.39, 0.29) is 17.8 Å². The summed E-state index contributed by atoms with van der Waals surface area (Å²) in [5, 5.41) is 8.63. The van der Waals surface area contributed by atoms with E-state index in [1.165, 1.54) is 0 Å². The summed E-state index contributed by atoms with van der Waals surface area (Å²) in [6.45, 7) is 4.13. The van der Waals surface area contributed by atoms with E-state index >= 15 is 0 Å². The number of hydrogen-bond acceptors (Lipinski definition) is 11. The third-order valence-corrected chi connectivity index (χ3v) is 7.73. The number of nitrogens with zero attached hydrogens (tertiary/aromatic N) is 5. The first kappa shape index (κ1) is 29.0. The second-order valence-electron chi connectivity index (χ2n) is 11.3. The van der Waals surface area contributed by atoms with Crippen LogP contribution in [0.5, 0.6) is 28.9 Å². The number of ether oxygens (including phenoxy) is 5. The van der Waals surface area contributed by atoms with E-state index in [2.05, 4.69) is 29.1 Å². The van der Waals surface area contributed by atoms with Crippen molar-refractivity contribution >= 4 is 17.6 Å². The van der Waals surface area contributed by atoms with Crippen LogP contribution in [0.1, 0.15) is 55.1 Å². The number of fused-ring (bicyclic) bond motifs is 3. The Morgan fingerprint density at radius 1 is 0.977 bits per heavy atom. The molecule has 1 aliphatic heterocycles. The van der Waals surface area contributed by atoms with Gasteiger partial charge in [-0.3, -0.25) is 4.79 Å². The minimum Gasteiger partial charge on any atom is -0.493 e. The largest absolute Gasteiger partial charge is 0.493 e. The number of hydrogen-bond donors (Lipinski definition) is 0. The lowest BCUT2D eigenvalue weighted by atomic mass is 9.70. The Balaban J connectivity index is 1.36. The molecule has 12 nitrogen and oxygen atoms in total. The summed E-state index contributed by atoms with van der Waals surface area (Å²) in [6, 6.07) is 11.0. The fourth-order valence-corrected chi connectivity index (χ4v) is 5.74. The summed E-state index contributed by atoms with van der Waals surface area (Å²) >= 11 is 0. The predicted octanol–water partition coefficient (Wildman–Crippen LogP) is 4.88. The van der Waals surface area contributed by atoms with Gasteiger partial charge in [-0.2, -0.15) is 0 Å². The Morgan fingerprint density at radius 3 is 2.41 bits per heavy atom. The summed E-state index contributed by atoms with van der Waals surface area (Å²) in [5.74, 6) is 3.24. The molecule has 2 aromatic carbocycles. The molecule has 6 rings (SSSR count). The molecular weight excluding hydrogens is 566 g/mol. The van der Waals surface area contributed by atoms with Gasteiger partial charge in [0.1, 0.15) is 12.1 Å². The Bertz CT molecular complexity index is 1810. The molecule has 0 amide bonds. The average Bonchev–Trinajstić information content (AvgIpc) is 3.44. The number of Topliss-reactive ketones (excluding diaryl/α,β-unsaturated/α-hetero) is 1. The molecule has 0 spiro atoms. The molecule has 44 heavy (non-hydrogen) atoms. The normalized spacial score (nSPS) is 17.2. The van der Waals surface area contributed by atoms with E-state index < -0.39 is 5.92 Å². The number of ketones is 1. The van der Waals surface area contributed by atoms with Gasteiger partial charge in [0.25, 0.3) is 0 Å². The Kier molecular flexibility index (Phi) is 7.58. The van der Waals surface area contributed by atoms with Gasteiger partial charge in [-0.25, -0.2) is 14.5 Å². The number of aromatic nitrogens is 4. The maximum Gasteiger partial charge on any atom is 0.228 e. The summed E-state index contributed by atoms with van der Waals surface area (Å²) in [6.07, 6.45) is 4.11. The molecule has 2 aliphatic rings. The number of methoxy groups -OCH3 is 4. The quantitative estimate of drug-likeness (QED) is 0.194. The van der Waals surface area contributed by atoms with Crippen LogP contribution < -0.4 is 23.7 Å². The van der Waals surface area contributed by atoms with Crippen molar-refractivity contribution in [2.24, 2.45) is 10.6 Å². The molecule has 0 N–H and O–H groups in total. The lowest BCUT2D eigenvalue weighted by molar-refractivity contribution is -0.118. The van der Waals surface area contributed by atoms with Crippen LogP contribution in [0.2, 0.25) is 0 Å². The van der Waals surface area contributed by atoms with E-state index in [1.807, 2.05) is 24.3 Å². The Morgan fingerprint density at radius 2 is 1.68 bits per heavy atom. The van der Waals surface area contributed by atoms with E-state index in [0.29, 0.717) is 70.1 Å². The molecule has 0 saturated heterocycles. The summed E-state index contributed by atoms with van der Waals surface area (Å²) in [5.41, 5.74) is 3.09. The monoisotopic (exact) mass is 599 g/mol. The van der Waals surface area contributed by atoms with Crippen LogP contribution in [-0.4, -0.2) is 60.0 Å². The maximum absolute atomic E-state index is 13.7. The van der Waals surface area contributed by atoms with Gasteiger partial charge in [0.05, 0.1) is 46.1 Å². The van der Waals surface area contributed by atoms with Gasteiger partial charge < -0.3 is 28.5 Å². The molecule has 3 heterocycles. The van der Waals surface area contributed by atoms with Crippen molar-refractivity contribution in [1.82, 2.24) is 19.6 Å². The molecule has 228 valence electrons. The van der Waals surface area contributed by atoms with Crippen molar-refractivity contribution < 1.29 is 33.3 Å². The van der Waals surface area contributed by atoms with Crippen molar-refractivity contribution in [2.75, 3.05) is 28.4 Å². The second kappa shape index (κ2) is 11.5. The zero-order valence-corrected chi connectivity index (χ0v) is 25.4. The lowest BCUT2D eigenvalue weighted by Crippen LogP contribution is -2.33. The topological polar surface area (TPSA) is 128 Å². The van der Waals surface area contributed by atoms with E-state index in [1.54, 1.807) is 57.6 Å². The van der Waals surface area contributed by atoms with Crippen molar-refractivity contribution in [1.29, 1.82) is 0 Å². The van der Waals surface area contributed by atoms with Gasteiger partial charge in [0.15, 0.2) is 46.9 Å². The highest BCUT2D eigenvalue weighted by atomic mass is 16.6. The smallest absolute Gasteiger partial charge is 0.228 e. The fourth-order valence-electron chi connectivity index (χ4n) is 5.74. The molecular formula is C32H33N5O7. The minimum atomic E-state index is -0.505. The number of allylic oxidation sites excluding steroid dienone is 2. The number of oxime groups is 1. The zero-order chi connectivity index (χ0) is 31.0. The Hall–Kier alpha value is -5.13. The van der Waals surface area contributed by atoms with Gasteiger partial charge in [-0.15, -0.1) is 5.10 Å². The third kappa shape index (κ3) is 5.27. The molecule has 4 aromatic rings. The van der Waals surface area contributed by atoms with Crippen LogP contribution in [0, 0.1) is 5.41 Å². The highest BCUT2D eigenvalue weighted by Gasteiger charge is 2.44. The van der Waals surface area contributed by atoms with Gasteiger partial charge in [-0.05, 0) is 41.3 Å².